The number of unbranched alkanes of at least 4 members (excludes halogenated alkanes) is 1. The molecule has 0 aromatic heterocycles. The van der Waals surface area contributed by atoms with E-state index < -0.39 is 0 Å². The number of halogens is 2. The van der Waals surface area contributed by atoms with E-state index in [9.17, 15) is 4.39 Å². The Labute approximate surface area is 174 Å². The molecule has 0 spiro atoms. The Balaban J connectivity index is 0.00000625. The van der Waals surface area contributed by atoms with Gasteiger partial charge in [0.05, 0.1) is 5.69 Å². The van der Waals surface area contributed by atoms with E-state index in [1.807, 2.05) is 37.8 Å². The lowest BCUT2D eigenvalue weighted by Crippen LogP contribution is -2.37. The molecule has 0 atom stereocenters. The standard InChI is InChI=1S/C19H33FN4O.HI/c1-5-24(6-2)18-11-10-16(14-17(18)20)15-23-19(21-4)22-12-8-9-13-25-7-3;/h10-11,14H,5-9,12-13,15H2,1-4H3,(H2,21,22,23);1H. The summed E-state index contributed by atoms with van der Waals surface area (Å²) in [7, 11) is 1.74. The van der Waals surface area contributed by atoms with Crippen LogP contribution in [0.5, 0.6) is 0 Å². The fourth-order valence-corrected chi connectivity index (χ4v) is 2.57. The van der Waals surface area contributed by atoms with Crippen LogP contribution in [0.25, 0.3) is 0 Å². The van der Waals surface area contributed by atoms with Gasteiger partial charge in [0, 0.05) is 46.4 Å². The number of benzene rings is 1. The first-order valence-electron chi connectivity index (χ1n) is 9.21. The van der Waals surface area contributed by atoms with Gasteiger partial charge in [-0.2, -0.15) is 0 Å². The predicted octanol–water partition coefficient (Wildman–Crippen LogP) is 3.77. The number of nitrogens with zero attached hydrogens (tertiary/aromatic N) is 2. The highest BCUT2D eigenvalue weighted by Crippen LogP contribution is 2.20. The lowest BCUT2D eigenvalue weighted by atomic mass is 10.2. The van der Waals surface area contributed by atoms with Crippen molar-refractivity contribution in [2.45, 2.75) is 40.2 Å². The number of anilines is 1. The van der Waals surface area contributed by atoms with Crippen molar-refractivity contribution in [2.24, 2.45) is 4.99 Å². The van der Waals surface area contributed by atoms with Crippen molar-refractivity contribution in [3.63, 3.8) is 0 Å². The highest BCUT2D eigenvalue weighted by molar-refractivity contribution is 14.0. The Kier molecular flexibility index (Phi) is 14.4. The van der Waals surface area contributed by atoms with Gasteiger partial charge in [0.2, 0.25) is 0 Å². The van der Waals surface area contributed by atoms with Crippen molar-refractivity contribution >= 4 is 35.6 Å². The fraction of sp³-hybridized carbons (Fsp3) is 0.632. The van der Waals surface area contributed by atoms with Crippen molar-refractivity contribution < 1.29 is 9.13 Å². The second-order valence-electron chi connectivity index (χ2n) is 5.71. The second kappa shape index (κ2) is 15.0. The molecule has 0 saturated carbocycles. The smallest absolute Gasteiger partial charge is 0.191 e. The van der Waals surface area contributed by atoms with Gasteiger partial charge < -0.3 is 20.3 Å². The van der Waals surface area contributed by atoms with E-state index in [4.69, 9.17) is 4.74 Å². The minimum atomic E-state index is -0.179. The Morgan fingerprint density at radius 3 is 2.46 bits per heavy atom. The van der Waals surface area contributed by atoms with Gasteiger partial charge in [0.1, 0.15) is 5.82 Å². The lowest BCUT2D eigenvalue weighted by Gasteiger charge is -2.22. The molecule has 0 aliphatic carbocycles. The summed E-state index contributed by atoms with van der Waals surface area (Å²) < 4.78 is 19.6. The SMILES string of the molecule is CCOCCCCNC(=NC)NCc1ccc(N(CC)CC)c(F)c1.I. The van der Waals surface area contributed by atoms with Gasteiger partial charge in [-0.15, -0.1) is 24.0 Å². The Morgan fingerprint density at radius 1 is 1.15 bits per heavy atom. The summed E-state index contributed by atoms with van der Waals surface area (Å²) in [6.45, 7) is 10.6. The van der Waals surface area contributed by atoms with Gasteiger partial charge >= 0.3 is 0 Å². The van der Waals surface area contributed by atoms with E-state index in [0.717, 1.165) is 57.2 Å². The van der Waals surface area contributed by atoms with Crippen LogP contribution in [0, 0.1) is 5.82 Å². The zero-order valence-corrected chi connectivity index (χ0v) is 18.8. The minimum absolute atomic E-state index is 0. The van der Waals surface area contributed by atoms with Crippen LogP contribution in [0.4, 0.5) is 10.1 Å². The average molecular weight is 480 g/mol. The maximum absolute atomic E-state index is 14.3. The first-order chi connectivity index (χ1) is 12.2. The molecule has 7 heteroatoms. The van der Waals surface area contributed by atoms with E-state index in [0.29, 0.717) is 12.2 Å². The van der Waals surface area contributed by atoms with E-state index in [2.05, 4.69) is 15.6 Å². The molecule has 5 nitrogen and oxygen atoms in total. The average Bonchev–Trinajstić information content (AvgIpc) is 2.63. The monoisotopic (exact) mass is 480 g/mol. The zero-order valence-electron chi connectivity index (χ0n) is 16.5. The van der Waals surface area contributed by atoms with Crippen LogP contribution in [0.15, 0.2) is 23.2 Å². The molecule has 0 bridgehead atoms. The molecule has 0 unspecified atom stereocenters. The number of guanidine groups is 1. The maximum atomic E-state index is 14.3. The number of aliphatic imine (C=N–C) groups is 1. The molecule has 0 aliphatic rings. The summed E-state index contributed by atoms with van der Waals surface area (Å²) in [6.07, 6.45) is 2.05. The van der Waals surface area contributed by atoms with Crippen LogP contribution in [0.3, 0.4) is 0 Å². The molecular weight excluding hydrogens is 446 g/mol. The number of ether oxygens (including phenoxy) is 1. The lowest BCUT2D eigenvalue weighted by molar-refractivity contribution is 0.143. The van der Waals surface area contributed by atoms with Gasteiger partial charge in [-0.1, -0.05) is 6.07 Å². The summed E-state index contributed by atoms with van der Waals surface area (Å²) >= 11 is 0. The van der Waals surface area contributed by atoms with Crippen LogP contribution in [-0.4, -0.2) is 45.9 Å². The molecule has 0 radical (unpaired) electrons. The topological polar surface area (TPSA) is 48.9 Å². The molecular formula is C19H34FIN4O. The molecule has 1 aromatic carbocycles. The fourth-order valence-electron chi connectivity index (χ4n) is 2.57. The molecule has 150 valence electrons. The summed E-state index contributed by atoms with van der Waals surface area (Å²) in [5.74, 6) is 0.548. The second-order valence-corrected chi connectivity index (χ2v) is 5.71. The third-order valence-electron chi connectivity index (χ3n) is 4.01. The van der Waals surface area contributed by atoms with Gasteiger partial charge in [-0.05, 0) is 51.3 Å². The van der Waals surface area contributed by atoms with Gasteiger partial charge in [-0.3, -0.25) is 4.99 Å². The number of hydrogen-bond acceptors (Lipinski definition) is 3. The van der Waals surface area contributed by atoms with Gasteiger partial charge in [0.25, 0.3) is 0 Å². The molecule has 0 heterocycles. The highest BCUT2D eigenvalue weighted by Gasteiger charge is 2.09. The Hall–Kier alpha value is -1.09. The number of hydrogen-bond donors (Lipinski definition) is 2. The zero-order chi connectivity index (χ0) is 18.5. The summed E-state index contributed by atoms with van der Waals surface area (Å²) in [4.78, 5) is 6.20. The van der Waals surface area contributed by atoms with E-state index in [-0.39, 0.29) is 29.8 Å². The molecule has 2 N–H and O–H groups in total. The van der Waals surface area contributed by atoms with E-state index >= 15 is 0 Å². The molecule has 1 aromatic rings. The normalized spacial score (nSPS) is 11.0. The quantitative estimate of drug-likeness (QED) is 0.219. The van der Waals surface area contributed by atoms with E-state index in [1.165, 1.54) is 0 Å². The molecule has 0 saturated heterocycles. The van der Waals surface area contributed by atoms with Crippen LogP contribution >= 0.6 is 24.0 Å². The number of rotatable bonds is 11. The third-order valence-corrected chi connectivity index (χ3v) is 4.01. The largest absolute Gasteiger partial charge is 0.382 e. The predicted molar refractivity (Wildman–Crippen MR) is 119 cm³/mol. The van der Waals surface area contributed by atoms with Gasteiger partial charge in [-0.25, -0.2) is 4.39 Å². The van der Waals surface area contributed by atoms with Crippen LogP contribution < -0.4 is 15.5 Å². The molecule has 0 aliphatic heterocycles. The third kappa shape index (κ3) is 9.02. The van der Waals surface area contributed by atoms with Crippen LogP contribution in [0.1, 0.15) is 39.2 Å². The van der Waals surface area contributed by atoms with Crippen molar-refractivity contribution in [2.75, 3.05) is 44.8 Å². The van der Waals surface area contributed by atoms with Crippen molar-refractivity contribution in [3.05, 3.63) is 29.6 Å². The van der Waals surface area contributed by atoms with Crippen LogP contribution in [0.2, 0.25) is 0 Å². The van der Waals surface area contributed by atoms with E-state index in [1.54, 1.807) is 13.1 Å². The van der Waals surface area contributed by atoms with Crippen LogP contribution in [-0.2, 0) is 11.3 Å². The molecule has 26 heavy (non-hydrogen) atoms. The van der Waals surface area contributed by atoms with Crippen molar-refractivity contribution in [3.8, 4) is 0 Å². The highest BCUT2D eigenvalue weighted by atomic mass is 127. The van der Waals surface area contributed by atoms with Crippen molar-refractivity contribution in [1.82, 2.24) is 10.6 Å². The molecule has 1 rings (SSSR count). The Bertz CT molecular complexity index is 524. The molecule has 0 amide bonds. The first-order valence-corrected chi connectivity index (χ1v) is 9.21. The Morgan fingerprint density at radius 2 is 1.88 bits per heavy atom. The minimum Gasteiger partial charge on any atom is -0.382 e. The first kappa shape index (κ1) is 24.9. The number of nitrogens with one attached hydrogen (secondary N) is 2. The maximum Gasteiger partial charge on any atom is 0.191 e. The van der Waals surface area contributed by atoms with Crippen molar-refractivity contribution in [1.29, 1.82) is 0 Å². The van der Waals surface area contributed by atoms with Gasteiger partial charge in [0.15, 0.2) is 5.96 Å². The molecule has 0 fully saturated rings. The summed E-state index contributed by atoms with van der Waals surface area (Å²) in [5.41, 5.74) is 1.55. The summed E-state index contributed by atoms with van der Waals surface area (Å²) in [5, 5.41) is 6.48. The summed E-state index contributed by atoms with van der Waals surface area (Å²) in [6, 6.07) is 5.40.